The fourth-order valence-electron chi connectivity index (χ4n) is 1.52. The second kappa shape index (κ2) is 7.39. The van der Waals surface area contributed by atoms with Crippen LogP contribution in [0.15, 0.2) is 12.5 Å². The molecule has 1 rings (SSSR count). The first-order valence-electron chi connectivity index (χ1n) is 6.37. The number of rotatable bonds is 7. The quantitative estimate of drug-likeness (QED) is 0.408. The van der Waals surface area contributed by atoms with E-state index < -0.39 is 35.9 Å². The maximum Gasteiger partial charge on any atom is 0.326 e. The van der Waals surface area contributed by atoms with Gasteiger partial charge in [-0.05, 0) is 13.8 Å². The molecule has 2 amide bonds. The largest absolute Gasteiger partial charge is 0.480 e. The zero-order valence-electron chi connectivity index (χ0n) is 11.8. The number of nitrogens with zero attached hydrogens (tertiary/aromatic N) is 1. The summed E-state index contributed by atoms with van der Waals surface area (Å²) in [7, 11) is 0. The van der Waals surface area contributed by atoms with Gasteiger partial charge in [-0.25, -0.2) is 9.78 Å². The SMILES string of the molecule is C[C@H](N)C(=O)N[C@@H](C)C(=O)N[C@@H](Cc1cnc[nH]1)C(=O)O. The molecule has 0 radical (unpaired) electrons. The summed E-state index contributed by atoms with van der Waals surface area (Å²) < 4.78 is 0. The van der Waals surface area contributed by atoms with Gasteiger partial charge < -0.3 is 26.5 Å². The Kier molecular flexibility index (Phi) is 5.85. The Morgan fingerprint density at radius 2 is 2.00 bits per heavy atom. The number of aliphatic carboxylic acids is 1. The summed E-state index contributed by atoms with van der Waals surface area (Å²) in [5.74, 6) is -2.27. The number of nitrogens with two attached hydrogens (primary N) is 1. The maximum absolute atomic E-state index is 11.9. The van der Waals surface area contributed by atoms with Gasteiger partial charge in [0, 0.05) is 18.3 Å². The Morgan fingerprint density at radius 1 is 1.33 bits per heavy atom. The van der Waals surface area contributed by atoms with Gasteiger partial charge in [0.2, 0.25) is 11.8 Å². The van der Waals surface area contributed by atoms with Crippen LogP contribution in [0.25, 0.3) is 0 Å². The van der Waals surface area contributed by atoms with E-state index >= 15 is 0 Å². The smallest absolute Gasteiger partial charge is 0.326 e. The molecule has 116 valence electrons. The molecule has 1 heterocycles. The van der Waals surface area contributed by atoms with Gasteiger partial charge in [0.1, 0.15) is 12.1 Å². The molecular formula is C12H19N5O4. The van der Waals surface area contributed by atoms with Gasteiger partial charge in [-0.15, -0.1) is 0 Å². The molecule has 0 aromatic carbocycles. The topological polar surface area (TPSA) is 150 Å². The number of carbonyl (C=O) groups excluding carboxylic acids is 2. The first-order valence-corrected chi connectivity index (χ1v) is 6.37. The van der Waals surface area contributed by atoms with Crippen LogP contribution in [0.5, 0.6) is 0 Å². The molecular weight excluding hydrogens is 278 g/mol. The molecule has 9 nitrogen and oxygen atoms in total. The molecule has 0 aliphatic carbocycles. The molecule has 0 saturated heterocycles. The third-order valence-electron chi connectivity index (χ3n) is 2.76. The van der Waals surface area contributed by atoms with Crippen LogP contribution in [-0.4, -0.2) is 51.0 Å². The van der Waals surface area contributed by atoms with E-state index in [0.29, 0.717) is 5.69 Å². The number of carbonyl (C=O) groups is 3. The molecule has 6 N–H and O–H groups in total. The molecule has 0 unspecified atom stereocenters. The summed E-state index contributed by atoms with van der Waals surface area (Å²) in [6, 6.07) is -2.75. The van der Waals surface area contributed by atoms with Gasteiger partial charge in [0.25, 0.3) is 0 Å². The fraction of sp³-hybridized carbons (Fsp3) is 0.500. The number of amides is 2. The molecule has 3 atom stereocenters. The number of aromatic amines is 1. The number of carboxylic acids is 1. The molecule has 0 aliphatic heterocycles. The van der Waals surface area contributed by atoms with Crippen LogP contribution in [0.2, 0.25) is 0 Å². The Labute approximate surface area is 121 Å². The number of imidazole rings is 1. The van der Waals surface area contributed by atoms with E-state index in [9.17, 15) is 14.4 Å². The second-order valence-electron chi connectivity index (χ2n) is 4.70. The molecule has 0 fully saturated rings. The molecule has 0 bridgehead atoms. The van der Waals surface area contributed by atoms with Gasteiger partial charge in [-0.3, -0.25) is 9.59 Å². The van der Waals surface area contributed by atoms with Crippen LogP contribution in [0, 0.1) is 0 Å². The van der Waals surface area contributed by atoms with Crippen LogP contribution in [0.1, 0.15) is 19.5 Å². The van der Waals surface area contributed by atoms with Crippen LogP contribution in [-0.2, 0) is 20.8 Å². The van der Waals surface area contributed by atoms with E-state index in [4.69, 9.17) is 10.8 Å². The fourth-order valence-corrected chi connectivity index (χ4v) is 1.52. The Bertz CT molecular complexity index is 500. The van der Waals surface area contributed by atoms with Crippen LogP contribution >= 0.6 is 0 Å². The van der Waals surface area contributed by atoms with Gasteiger partial charge >= 0.3 is 5.97 Å². The van der Waals surface area contributed by atoms with Crippen molar-refractivity contribution in [2.45, 2.75) is 38.4 Å². The number of hydrogen-bond donors (Lipinski definition) is 5. The number of nitrogens with one attached hydrogen (secondary N) is 3. The lowest BCUT2D eigenvalue weighted by Crippen LogP contribution is -2.53. The van der Waals surface area contributed by atoms with Crippen molar-refractivity contribution in [3.05, 3.63) is 18.2 Å². The van der Waals surface area contributed by atoms with E-state index in [1.165, 1.54) is 26.4 Å². The van der Waals surface area contributed by atoms with Crippen molar-refractivity contribution in [1.82, 2.24) is 20.6 Å². The van der Waals surface area contributed by atoms with E-state index in [1.54, 1.807) is 0 Å². The number of hydrogen-bond acceptors (Lipinski definition) is 5. The first-order chi connectivity index (χ1) is 9.81. The van der Waals surface area contributed by atoms with Crippen molar-refractivity contribution in [1.29, 1.82) is 0 Å². The Balaban J connectivity index is 2.60. The highest BCUT2D eigenvalue weighted by Crippen LogP contribution is 1.99. The number of aromatic nitrogens is 2. The minimum atomic E-state index is -1.18. The zero-order chi connectivity index (χ0) is 16.0. The maximum atomic E-state index is 11.9. The van der Waals surface area contributed by atoms with Crippen LogP contribution < -0.4 is 16.4 Å². The van der Waals surface area contributed by atoms with Crippen LogP contribution in [0.3, 0.4) is 0 Å². The molecule has 9 heteroatoms. The summed E-state index contributed by atoms with van der Waals surface area (Å²) >= 11 is 0. The van der Waals surface area contributed by atoms with Crippen molar-refractivity contribution in [3.63, 3.8) is 0 Å². The van der Waals surface area contributed by atoms with Crippen molar-refractivity contribution in [2.24, 2.45) is 5.73 Å². The standard InChI is InChI=1S/C12H19N5O4/c1-6(13)10(18)16-7(2)11(19)17-9(12(20)21)3-8-4-14-5-15-8/h4-7,9H,3,13H2,1-2H3,(H,14,15)(H,16,18)(H,17,19)(H,20,21)/t6-,7-,9-/m0/s1. The second-order valence-corrected chi connectivity index (χ2v) is 4.70. The predicted molar refractivity (Wildman–Crippen MR) is 73.1 cm³/mol. The van der Waals surface area contributed by atoms with Crippen molar-refractivity contribution >= 4 is 17.8 Å². The molecule has 21 heavy (non-hydrogen) atoms. The third kappa shape index (κ3) is 5.22. The normalized spacial score (nSPS) is 14.8. The van der Waals surface area contributed by atoms with Crippen molar-refractivity contribution in [2.75, 3.05) is 0 Å². The molecule has 0 spiro atoms. The number of H-pyrrole nitrogens is 1. The Hall–Kier alpha value is -2.42. The lowest BCUT2D eigenvalue weighted by Gasteiger charge is -2.19. The van der Waals surface area contributed by atoms with E-state index in [-0.39, 0.29) is 6.42 Å². The minimum absolute atomic E-state index is 0.0645. The molecule has 0 aliphatic rings. The van der Waals surface area contributed by atoms with Crippen molar-refractivity contribution in [3.8, 4) is 0 Å². The molecule has 1 aromatic heterocycles. The zero-order valence-corrected chi connectivity index (χ0v) is 11.8. The molecule has 0 saturated carbocycles. The highest BCUT2D eigenvalue weighted by Gasteiger charge is 2.25. The summed E-state index contributed by atoms with van der Waals surface area (Å²) in [6.07, 6.45) is 2.96. The summed E-state index contributed by atoms with van der Waals surface area (Å²) in [5, 5.41) is 13.9. The monoisotopic (exact) mass is 297 g/mol. The van der Waals surface area contributed by atoms with E-state index in [0.717, 1.165) is 0 Å². The highest BCUT2D eigenvalue weighted by molar-refractivity contribution is 5.91. The van der Waals surface area contributed by atoms with Gasteiger partial charge in [0.15, 0.2) is 0 Å². The number of carboxylic acid groups (broad SMARTS) is 1. The summed E-state index contributed by atoms with van der Waals surface area (Å²) in [5.41, 5.74) is 5.95. The minimum Gasteiger partial charge on any atom is -0.480 e. The van der Waals surface area contributed by atoms with E-state index in [2.05, 4.69) is 20.6 Å². The summed E-state index contributed by atoms with van der Waals surface area (Å²) in [4.78, 5) is 41.0. The summed E-state index contributed by atoms with van der Waals surface area (Å²) in [6.45, 7) is 2.93. The lowest BCUT2D eigenvalue weighted by atomic mass is 10.1. The highest BCUT2D eigenvalue weighted by atomic mass is 16.4. The Morgan fingerprint density at radius 3 is 2.48 bits per heavy atom. The van der Waals surface area contributed by atoms with E-state index in [1.807, 2.05) is 0 Å². The van der Waals surface area contributed by atoms with Gasteiger partial charge in [0.05, 0.1) is 12.4 Å². The average molecular weight is 297 g/mol. The van der Waals surface area contributed by atoms with Crippen molar-refractivity contribution < 1.29 is 19.5 Å². The van der Waals surface area contributed by atoms with Gasteiger partial charge in [-0.2, -0.15) is 0 Å². The first kappa shape index (κ1) is 16.6. The third-order valence-corrected chi connectivity index (χ3v) is 2.76. The van der Waals surface area contributed by atoms with Crippen LogP contribution in [0.4, 0.5) is 0 Å². The average Bonchev–Trinajstić information content (AvgIpc) is 2.90. The predicted octanol–water partition coefficient (Wildman–Crippen LogP) is -1.63. The molecule has 1 aromatic rings. The van der Waals surface area contributed by atoms with Gasteiger partial charge in [-0.1, -0.05) is 0 Å². The lowest BCUT2D eigenvalue weighted by molar-refractivity contribution is -0.142.